The van der Waals surface area contributed by atoms with Gasteiger partial charge in [-0.05, 0) is 35.4 Å². The lowest BCUT2D eigenvalue weighted by Crippen LogP contribution is -2.05. The third kappa shape index (κ3) is 4.14. The molecule has 0 radical (unpaired) electrons. The van der Waals surface area contributed by atoms with E-state index in [0.717, 1.165) is 20.1 Å². The second-order valence-electron chi connectivity index (χ2n) is 4.37. The van der Waals surface area contributed by atoms with Crippen molar-refractivity contribution in [2.45, 2.75) is 18.6 Å². The van der Waals surface area contributed by atoms with Crippen LogP contribution in [0.2, 0.25) is 0 Å². The van der Waals surface area contributed by atoms with Gasteiger partial charge in [0.15, 0.2) is 0 Å². The smallest absolute Gasteiger partial charge is 0.0818 e. The molecule has 0 bridgehead atoms. The third-order valence-electron chi connectivity index (χ3n) is 2.96. The van der Waals surface area contributed by atoms with Crippen molar-refractivity contribution in [2.75, 3.05) is 0 Å². The van der Waals surface area contributed by atoms with E-state index >= 15 is 0 Å². The minimum absolute atomic E-state index is 0.281. The summed E-state index contributed by atoms with van der Waals surface area (Å²) in [4.78, 5) is 0. The van der Waals surface area contributed by atoms with Gasteiger partial charge in [0.05, 0.1) is 12.2 Å². The molecule has 0 spiro atoms. The van der Waals surface area contributed by atoms with Crippen molar-refractivity contribution >= 4 is 31.9 Å². The van der Waals surface area contributed by atoms with Crippen LogP contribution in [0, 0.1) is 0 Å². The Balaban J connectivity index is 2.03. The molecule has 2 nitrogen and oxygen atoms in total. The second-order valence-corrected chi connectivity index (χ2v) is 6.20. The summed E-state index contributed by atoms with van der Waals surface area (Å²) in [6.45, 7) is 0. The Morgan fingerprint density at radius 3 is 1.32 bits per heavy atom. The number of hydrogen-bond acceptors (Lipinski definition) is 2. The Labute approximate surface area is 129 Å². The Hall–Kier alpha value is -0.680. The number of halogens is 2. The van der Waals surface area contributed by atoms with Gasteiger partial charge < -0.3 is 10.2 Å². The van der Waals surface area contributed by atoms with Crippen LogP contribution >= 0.6 is 31.9 Å². The summed E-state index contributed by atoms with van der Waals surface area (Å²) in [6.07, 6.45) is -1.07. The Morgan fingerprint density at radius 2 is 1.00 bits per heavy atom. The van der Waals surface area contributed by atoms with Gasteiger partial charge in [-0.1, -0.05) is 56.1 Å². The molecular weight excluding hydrogens is 372 g/mol. The van der Waals surface area contributed by atoms with Crippen molar-refractivity contribution in [1.29, 1.82) is 0 Å². The molecular formula is C15H14Br2O2. The van der Waals surface area contributed by atoms with Gasteiger partial charge in [-0.2, -0.15) is 0 Å². The number of aliphatic hydroxyl groups excluding tert-OH is 2. The molecule has 0 amide bonds. The lowest BCUT2D eigenvalue weighted by Gasteiger charge is -2.16. The molecule has 100 valence electrons. The van der Waals surface area contributed by atoms with Crippen LogP contribution < -0.4 is 0 Å². The molecule has 0 saturated heterocycles. The first-order valence-electron chi connectivity index (χ1n) is 5.93. The van der Waals surface area contributed by atoms with Crippen molar-refractivity contribution in [2.24, 2.45) is 0 Å². The maximum absolute atomic E-state index is 10.1. The summed E-state index contributed by atoms with van der Waals surface area (Å²) in [5.74, 6) is 0. The Morgan fingerprint density at radius 1 is 0.684 bits per heavy atom. The molecule has 2 aromatic rings. The summed E-state index contributed by atoms with van der Waals surface area (Å²) in [5.41, 5.74) is 1.61. The highest BCUT2D eigenvalue weighted by Crippen LogP contribution is 2.27. The van der Waals surface area contributed by atoms with Crippen LogP contribution in [0.15, 0.2) is 57.5 Å². The quantitative estimate of drug-likeness (QED) is 0.820. The highest BCUT2D eigenvalue weighted by molar-refractivity contribution is 9.10. The minimum Gasteiger partial charge on any atom is -0.388 e. The molecule has 19 heavy (non-hydrogen) atoms. The standard InChI is InChI=1S/C15H14Br2O2/c16-12-5-1-10(2-6-12)14(18)9-15(19)11-3-7-13(17)8-4-11/h1-8,14-15,18-19H,9H2/t14-,15+. The Bertz CT molecular complexity index is 473. The molecule has 0 saturated carbocycles. The third-order valence-corrected chi connectivity index (χ3v) is 4.01. The van der Waals surface area contributed by atoms with Crippen molar-refractivity contribution in [1.82, 2.24) is 0 Å². The largest absolute Gasteiger partial charge is 0.388 e. The molecule has 4 heteroatoms. The summed E-state index contributed by atoms with van der Waals surface area (Å²) < 4.78 is 1.94. The van der Waals surface area contributed by atoms with E-state index in [0.29, 0.717) is 0 Å². The van der Waals surface area contributed by atoms with E-state index in [-0.39, 0.29) is 6.42 Å². The molecule has 0 aliphatic heterocycles. The van der Waals surface area contributed by atoms with E-state index in [1.165, 1.54) is 0 Å². The SMILES string of the molecule is O[C@H](C[C@H](O)c1ccc(Br)cc1)c1ccc(Br)cc1. The first-order chi connectivity index (χ1) is 9.06. The number of benzene rings is 2. The van der Waals surface area contributed by atoms with Crippen LogP contribution in [-0.2, 0) is 0 Å². The van der Waals surface area contributed by atoms with Gasteiger partial charge in [0.2, 0.25) is 0 Å². The van der Waals surface area contributed by atoms with E-state index < -0.39 is 12.2 Å². The summed E-state index contributed by atoms with van der Waals surface area (Å²) in [6, 6.07) is 14.9. The van der Waals surface area contributed by atoms with Crippen LogP contribution in [0.4, 0.5) is 0 Å². The van der Waals surface area contributed by atoms with Crippen molar-refractivity contribution < 1.29 is 10.2 Å². The lowest BCUT2D eigenvalue weighted by atomic mass is 9.99. The predicted octanol–water partition coefficient (Wildman–Crippen LogP) is 4.37. The van der Waals surface area contributed by atoms with Crippen molar-refractivity contribution in [3.05, 3.63) is 68.6 Å². The van der Waals surface area contributed by atoms with Gasteiger partial charge in [0.1, 0.15) is 0 Å². The highest BCUT2D eigenvalue weighted by atomic mass is 79.9. The van der Waals surface area contributed by atoms with Gasteiger partial charge in [0, 0.05) is 15.4 Å². The molecule has 2 aromatic carbocycles. The van der Waals surface area contributed by atoms with Gasteiger partial charge in [-0.3, -0.25) is 0 Å². The van der Waals surface area contributed by atoms with Gasteiger partial charge in [-0.25, -0.2) is 0 Å². The van der Waals surface area contributed by atoms with E-state index in [4.69, 9.17) is 0 Å². The predicted molar refractivity (Wildman–Crippen MR) is 82.8 cm³/mol. The average Bonchev–Trinajstić information content (AvgIpc) is 2.40. The van der Waals surface area contributed by atoms with Gasteiger partial charge in [-0.15, -0.1) is 0 Å². The minimum atomic E-state index is -0.674. The molecule has 2 atom stereocenters. The molecule has 0 unspecified atom stereocenters. The maximum atomic E-state index is 10.1. The van der Waals surface area contributed by atoms with Gasteiger partial charge in [0.25, 0.3) is 0 Å². The molecule has 2 N–H and O–H groups in total. The normalized spacial score (nSPS) is 14.1. The molecule has 0 heterocycles. The molecule has 0 aliphatic rings. The van der Waals surface area contributed by atoms with Crippen LogP contribution in [0.5, 0.6) is 0 Å². The number of rotatable bonds is 4. The summed E-state index contributed by atoms with van der Waals surface area (Å²) >= 11 is 6.71. The second kappa shape index (κ2) is 6.66. The van der Waals surface area contributed by atoms with Gasteiger partial charge >= 0.3 is 0 Å². The van der Waals surface area contributed by atoms with Crippen LogP contribution in [0.3, 0.4) is 0 Å². The van der Waals surface area contributed by atoms with Crippen LogP contribution in [0.1, 0.15) is 29.8 Å². The summed E-state index contributed by atoms with van der Waals surface area (Å²) in [7, 11) is 0. The summed E-state index contributed by atoms with van der Waals surface area (Å²) in [5, 5.41) is 20.2. The van der Waals surface area contributed by atoms with Crippen LogP contribution in [-0.4, -0.2) is 10.2 Å². The van der Waals surface area contributed by atoms with E-state index in [1.54, 1.807) is 0 Å². The van der Waals surface area contributed by atoms with E-state index in [2.05, 4.69) is 31.9 Å². The molecule has 0 aliphatic carbocycles. The molecule has 0 aromatic heterocycles. The number of hydrogen-bond donors (Lipinski definition) is 2. The molecule has 2 rings (SSSR count). The Kier molecular flexibility index (Phi) is 5.16. The topological polar surface area (TPSA) is 40.5 Å². The van der Waals surface area contributed by atoms with Crippen molar-refractivity contribution in [3.8, 4) is 0 Å². The fraction of sp³-hybridized carbons (Fsp3) is 0.200. The fourth-order valence-electron chi connectivity index (χ4n) is 1.85. The fourth-order valence-corrected chi connectivity index (χ4v) is 2.38. The lowest BCUT2D eigenvalue weighted by molar-refractivity contribution is 0.0804. The monoisotopic (exact) mass is 384 g/mol. The first-order valence-corrected chi connectivity index (χ1v) is 7.52. The zero-order valence-electron chi connectivity index (χ0n) is 10.1. The average molecular weight is 386 g/mol. The van der Waals surface area contributed by atoms with Crippen molar-refractivity contribution in [3.63, 3.8) is 0 Å². The number of aliphatic hydroxyl groups is 2. The first kappa shape index (κ1) is 14.7. The molecule has 0 fully saturated rings. The highest BCUT2D eigenvalue weighted by Gasteiger charge is 2.15. The maximum Gasteiger partial charge on any atom is 0.0818 e. The zero-order valence-corrected chi connectivity index (χ0v) is 13.3. The zero-order chi connectivity index (χ0) is 13.8. The van der Waals surface area contributed by atoms with Crippen LogP contribution in [0.25, 0.3) is 0 Å². The van der Waals surface area contributed by atoms with E-state index in [1.807, 2.05) is 48.5 Å². The van der Waals surface area contributed by atoms with E-state index in [9.17, 15) is 10.2 Å².